The zero-order valence-corrected chi connectivity index (χ0v) is 16.1. The second-order valence-corrected chi connectivity index (χ2v) is 7.83. The van der Waals surface area contributed by atoms with E-state index in [0.717, 1.165) is 25.7 Å². The quantitative estimate of drug-likeness (QED) is 0.806. The highest BCUT2D eigenvalue weighted by Gasteiger charge is 2.47. The predicted molar refractivity (Wildman–Crippen MR) is 102 cm³/mol. The number of benzene rings is 1. The van der Waals surface area contributed by atoms with Crippen LogP contribution in [0.3, 0.4) is 0 Å². The summed E-state index contributed by atoms with van der Waals surface area (Å²) in [5.74, 6) is -1.37. The van der Waals surface area contributed by atoms with E-state index in [-0.39, 0.29) is 23.8 Å². The zero-order valence-electron chi connectivity index (χ0n) is 15.4. The van der Waals surface area contributed by atoms with Gasteiger partial charge in [-0.05, 0) is 49.8 Å². The summed E-state index contributed by atoms with van der Waals surface area (Å²) < 4.78 is 0. The predicted octanol–water partition coefficient (Wildman–Crippen LogP) is 3.09. The van der Waals surface area contributed by atoms with Gasteiger partial charge in [0.05, 0.1) is 0 Å². The van der Waals surface area contributed by atoms with Crippen molar-refractivity contribution < 1.29 is 19.5 Å². The second-order valence-electron chi connectivity index (χ2n) is 7.39. The third kappa shape index (κ3) is 4.10. The van der Waals surface area contributed by atoms with E-state index in [4.69, 9.17) is 11.6 Å². The number of hydrogen-bond acceptors (Lipinski definition) is 3. The number of rotatable bonds is 5. The van der Waals surface area contributed by atoms with E-state index in [1.807, 2.05) is 0 Å². The molecule has 4 atom stereocenters. The van der Waals surface area contributed by atoms with Crippen molar-refractivity contribution >= 4 is 29.4 Å². The molecule has 0 aromatic heterocycles. The minimum atomic E-state index is -1.06. The first-order valence-electron chi connectivity index (χ1n) is 9.53. The van der Waals surface area contributed by atoms with Gasteiger partial charge in [0.25, 0.3) is 5.91 Å². The van der Waals surface area contributed by atoms with Gasteiger partial charge in [-0.3, -0.25) is 9.59 Å². The Kier molecular flexibility index (Phi) is 6.05. The topological polar surface area (TPSA) is 86.7 Å². The molecule has 6 nitrogen and oxygen atoms in total. The number of halogens is 1. The van der Waals surface area contributed by atoms with Gasteiger partial charge >= 0.3 is 5.97 Å². The van der Waals surface area contributed by atoms with Crippen LogP contribution in [0.15, 0.2) is 24.3 Å². The number of aliphatic carboxylic acids is 1. The van der Waals surface area contributed by atoms with Gasteiger partial charge in [0.1, 0.15) is 12.1 Å². The van der Waals surface area contributed by atoms with Gasteiger partial charge in [-0.1, -0.05) is 37.4 Å². The van der Waals surface area contributed by atoms with Crippen molar-refractivity contribution in [2.75, 3.05) is 0 Å². The summed E-state index contributed by atoms with van der Waals surface area (Å²) in [6.07, 6.45) is 4.87. The lowest BCUT2D eigenvalue weighted by molar-refractivity contribution is -0.142. The van der Waals surface area contributed by atoms with Crippen molar-refractivity contribution in [1.82, 2.24) is 10.2 Å². The first kappa shape index (κ1) is 19.7. The highest BCUT2D eigenvalue weighted by molar-refractivity contribution is 6.31. The fourth-order valence-electron chi connectivity index (χ4n) is 4.36. The zero-order chi connectivity index (χ0) is 19.6. The lowest BCUT2D eigenvalue weighted by Crippen LogP contribution is -2.52. The van der Waals surface area contributed by atoms with E-state index in [9.17, 15) is 19.5 Å². The third-order valence-corrected chi connectivity index (χ3v) is 5.95. The van der Waals surface area contributed by atoms with Gasteiger partial charge in [-0.2, -0.15) is 0 Å². The molecule has 3 rings (SSSR count). The molecule has 7 heteroatoms. The van der Waals surface area contributed by atoms with E-state index >= 15 is 0 Å². The summed E-state index contributed by atoms with van der Waals surface area (Å²) in [4.78, 5) is 39.1. The molecule has 1 saturated heterocycles. The average molecular weight is 393 g/mol. The molecule has 0 radical (unpaired) electrons. The van der Waals surface area contributed by atoms with Gasteiger partial charge < -0.3 is 15.3 Å². The molecule has 146 valence electrons. The van der Waals surface area contributed by atoms with E-state index in [2.05, 4.69) is 5.32 Å². The molecule has 0 bridgehead atoms. The summed E-state index contributed by atoms with van der Waals surface area (Å²) in [6.45, 7) is 1.71. The first-order valence-corrected chi connectivity index (χ1v) is 9.91. The molecule has 4 unspecified atom stereocenters. The Morgan fingerprint density at radius 1 is 1.30 bits per heavy atom. The Morgan fingerprint density at radius 2 is 2.04 bits per heavy atom. The SMILES string of the molecule is CCC(NC(=O)C1CC2CCCCC2N1C(=O)c1cccc(Cl)c1)C(=O)O. The van der Waals surface area contributed by atoms with Gasteiger partial charge in [0.2, 0.25) is 5.91 Å². The molecule has 1 aromatic rings. The summed E-state index contributed by atoms with van der Waals surface area (Å²) in [7, 11) is 0. The van der Waals surface area contributed by atoms with Gasteiger partial charge in [-0.25, -0.2) is 4.79 Å². The number of carbonyl (C=O) groups excluding carboxylic acids is 2. The number of likely N-dealkylation sites (tertiary alicyclic amines) is 1. The Balaban J connectivity index is 1.87. The molecule has 2 fully saturated rings. The van der Waals surface area contributed by atoms with Crippen LogP contribution in [0, 0.1) is 5.92 Å². The highest BCUT2D eigenvalue weighted by atomic mass is 35.5. The van der Waals surface area contributed by atoms with E-state index in [1.54, 1.807) is 36.1 Å². The average Bonchev–Trinajstić information content (AvgIpc) is 3.04. The van der Waals surface area contributed by atoms with Crippen LogP contribution in [-0.4, -0.2) is 45.9 Å². The molecule has 1 aliphatic heterocycles. The fourth-order valence-corrected chi connectivity index (χ4v) is 4.55. The van der Waals surface area contributed by atoms with Crippen molar-refractivity contribution in [2.45, 2.75) is 63.6 Å². The number of hydrogen-bond donors (Lipinski definition) is 2. The molecular formula is C20H25ClN2O4. The van der Waals surface area contributed by atoms with E-state index < -0.39 is 18.1 Å². The van der Waals surface area contributed by atoms with Crippen LogP contribution in [0.2, 0.25) is 5.02 Å². The standard InChI is InChI=1S/C20H25ClN2O4/c1-2-15(20(26)27)22-18(24)17-11-12-6-3-4-9-16(12)23(17)19(25)13-7-5-8-14(21)10-13/h5,7-8,10,12,15-17H,2-4,6,9,11H2,1H3,(H,22,24)(H,26,27). The van der Waals surface area contributed by atoms with Crippen LogP contribution in [0.25, 0.3) is 0 Å². The number of carboxylic acids is 1. The van der Waals surface area contributed by atoms with Crippen molar-refractivity contribution in [3.8, 4) is 0 Å². The van der Waals surface area contributed by atoms with Gasteiger partial charge in [0.15, 0.2) is 0 Å². The maximum atomic E-state index is 13.2. The number of nitrogens with zero attached hydrogens (tertiary/aromatic N) is 1. The summed E-state index contributed by atoms with van der Waals surface area (Å²) >= 11 is 6.04. The normalized spacial score (nSPS) is 25.6. The first-order chi connectivity index (χ1) is 12.9. The molecule has 1 heterocycles. The van der Waals surface area contributed by atoms with Crippen molar-refractivity contribution in [3.05, 3.63) is 34.9 Å². The Hall–Kier alpha value is -2.08. The number of amides is 2. The molecule has 2 aliphatic rings. The molecular weight excluding hydrogens is 368 g/mol. The smallest absolute Gasteiger partial charge is 0.326 e. The van der Waals surface area contributed by atoms with Crippen LogP contribution in [0.5, 0.6) is 0 Å². The molecule has 27 heavy (non-hydrogen) atoms. The number of carboxylic acid groups (broad SMARTS) is 1. The second kappa shape index (κ2) is 8.30. The number of fused-ring (bicyclic) bond motifs is 1. The maximum absolute atomic E-state index is 13.2. The molecule has 1 aliphatic carbocycles. The third-order valence-electron chi connectivity index (χ3n) is 5.72. The molecule has 0 spiro atoms. The molecule has 2 N–H and O–H groups in total. The van der Waals surface area contributed by atoms with Crippen LogP contribution in [0.4, 0.5) is 0 Å². The summed E-state index contributed by atoms with van der Waals surface area (Å²) in [5, 5.41) is 12.3. The van der Waals surface area contributed by atoms with Crippen molar-refractivity contribution in [2.24, 2.45) is 5.92 Å². The largest absolute Gasteiger partial charge is 0.480 e. The molecule has 1 aromatic carbocycles. The Bertz CT molecular complexity index is 738. The lowest BCUT2D eigenvalue weighted by atomic mass is 9.84. The van der Waals surface area contributed by atoms with Crippen LogP contribution >= 0.6 is 11.6 Å². The van der Waals surface area contributed by atoms with Crippen molar-refractivity contribution in [3.63, 3.8) is 0 Å². The van der Waals surface area contributed by atoms with Gasteiger partial charge in [0, 0.05) is 16.6 Å². The van der Waals surface area contributed by atoms with Crippen LogP contribution in [-0.2, 0) is 9.59 Å². The fraction of sp³-hybridized carbons (Fsp3) is 0.550. The van der Waals surface area contributed by atoms with Crippen molar-refractivity contribution in [1.29, 1.82) is 0 Å². The van der Waals surface area contributed by atoms with Gasteiger partial charge in [-0.15, -0.1) is 0 Å². The number of nitrogens with one attached hydrogen (secondary N) is 1. The van der Waals surface area contributed by atoms with Crippen LogP contribution < -0.4 is 5.32 Å². The number of carbonyl (C=O) groups is 3. The van der Waals surface area contributed by atoms with E-state index in [0.29, 0.717) is 23.4 Å². The van der Waals surface area contributed by atoms with Crippen LogP contribution in [0.1, 0.15) is 55.8 Å². The maximum Gasteiger partial charge on any atom is 0.326 e. The Labute approximate surface area is 163 Å². The lowest BCUT2D eigenvalue weighted by Gasteiger charge is -2.34. The molecule has 1 saturated carbocycles. The molecule has 2 amide bonds. The van der Waals surface area contributed by atoms with E-state index in [1.165, 1.54) is 0 Å². The minimum absolute atomic E-state index is 0.0193. The minimum Gasteiger partial charge on any atom is -0.480 e. The summed E-state index contributed by atoms with van der Waals surface area (Å²) in [6, 6.07) is 5.17. The highest BCUT2D eigenvalue weighted by Crippen LogP contribution is 2.40. The Morgan fingerprint density at radius 3 is 2.70 bits per heavy atom. The monoisotopic (exact) mass is 392 g/mol. The summed E-state index contributed by atoms with van der Waals surface area (Å²) in [5.41, 5.74) is 0.455.